The van der Waals surface area contributed by atoms with Gasteiger partial charge in [-0.3, -0.25) is 0 Å². The molecule has 0 aromatic heterocycles. The first-order valence-electron chi connectivity index (χ1n) is 4.79. The van der Waals surface area contributed by atoms with Gasteiger partial charge in [0.25, 0.3) is 0 Å². The Labute approximate surface area is 101 Å². The SMILES string of the molecule is C=C(CNc1ccccc1OC(F)(F)F)C(=O)O. The number of halogens is 3. The number of carboxylic acid groups (broad SMARTS) is 1. The molecule has 0 unspecified atom stereocenters. The molecule has 2 N–H and O–H groups in total. The van der Waals surface area contributed by atoms with Crippen molar-refractivity contribution in [2.45, 2.75) is 6.36 Å². The lowest BCUT2D eigenvalue weighted by Gasteiger charge is -2.14. The molecule has 4 nitrogen and oxygen atoms in total. The molecule has 7 heteroatoms. The molecule has 0 heterocycles. The fourth-order valence-electron chi connectivity index (χ4n) is 1.10. The van der Waals surface area contributed by atoms with Crippen LogP contribution >= 0.6 is 0 Å². The highest BCUT2D eigenvalue weighted by Gasteiger charge is 2.32. The smallest absolute Gasteiger partial charge is 0.478 e. The number of rotatable bonds is 5. The third-order valence-electron chi connectivity index (χ3n) is 1.91. The number of aliphatic carboxylic acids is 1. The maximum atomic E-state index is 12.1. The number of anilines is 1. The first-order valence-corrected chi connectivity index (χ1v) is 4.79. The molecule has 0 aliphatic rings. The van der Waals surface area contributed by atoms with E-state index in [9.17, 15) is 18.0 Å². The Balaban J connectivity index is 2.77. The minimum absolute atomic E-state index is 0.0391. The predicted octanol–water partition coefficient (Wildman–Crippen LogP) is 2.64. The zero-order chi connectivity index (χ0) is 13.8. The number of para-hydroxylation sites is 2. The Morgan fingerprint density at radius 1 is 1.39 bits per heavy atom. The van der Waals surface area contributed by atoms with E-state index in [0.29, 0.717) is 0 Å². The molecule has 1 aromatic rings. The van der Waals surface area contributed by atoms with E-state index in [4.69, 9.17) is 5.11 Å². The third kappa shape index (κ3) is 4.36. The Hall–Kier alpha value is -2.18. The molecule has 18 heavy (non-hydrogen) atoms. The second-order valence-electron chi connectivity index (χ2n) is 3.31. The van der Waals surface area contributed by atoms with Gasteiger partial charge in [0.2, 0.25) is 0 Å². The quantitative estimate of drug-likeness (QED) is 0.800. The monoisotopic (exact) mass is 261 g/mol. The average molecular weight is 261 g/mol. The minimum Gasteiger partial charge on any atom is -0.478 e. The van der Waals surface area contributed by atoms with E-state index in [-0.39, 0.29) is 17.8 Å². The molecule has 0 bridgehead atoms. The van der Waals surface area contributed by atoms with E-state index in [1.807, 2.05) is 0 Å². The maximum Gasteiger partial charge on any atom is 0.573 e. The molecule has 0 amide bonds. The van der Waals surface area contributed by atoms with E-state index in [0.717, 1.165) is 6.07 Å². The Morgan fingerprint density at radius 3 is 2.56 bits per heavy atom. The van der Waals surface area contributed by atoms with Gasteiger partial charge in [-0.05, 0) is 12.1 Å². The van der Waals surface area contributed by atoms with Crippen LogP contribution in [-0.4, -0.2) is 24.0 Å². The molecule has 0 saturated heterocycles. The van der Waals surface area contributed by atoms with Crippen molar-refractivity contribution in [1.82, 2.24) is 0 Å². The standard InChI is InChI=1S/C11H10F3NO3/c1-7(10(16)17)6-15-8-4-2-3-5-9(8)18-11(12,13)14/h2-5,15H,1,6H2,(H,16,17). The summed E-state index contributed by atoms with van der Waals surface area (Å²) in [4.78, 5) is 10.5. The van der Waals surface area contributed by atoms with Crippen molar-refractivity contribution in [3.63, 3.8) is 0 Å². The zero-order valence-corrected chi connectivity index (χ0v) is 9.12. The summed E-state index contributed by atoms with van der Waals surface area (Å²) >= 11 is 0. The number of hydrogen-bond donors (Lipinski definition) is 2. The van der Waals surface area contributed by atoms with Gasteiger partial charge in [-0.1, -0.05) is 18.7 Å². The van der Waals surface area contributed by atoms with Crippen LogP contribution in [0.25, 0.3) is 0 Å². The molecule has 1 aromatic carbocycles. The fraction of sp³-hybridized carbons (Fsp3) is 0.182. The highest BCUT2D eigenvalue weighted by molar-refractivity contribution is 5.86. The molecule has 0 atom stereocenters. The van der Waals surface area contributed by atoms with Gasteiger partial charge in [0.1, 0.15) is 0 Å². The first-order chi connectivity index (χ1) is 8.29. The molecular weight excluding hydrogens is 251 g/mol. The minimum atomic E-state index is -4.80. The van der Waals surface area contributed by atoms with Gasteiger partial charge in [0, 0.05) is 12.1 Å². The number of nitrogens with one attached hydrogen (secondary N) is 1. The lowest BCUT2D eigenvalue weighted by atomic mass is 10.2. The van der Waals surface area contributed by atoms with Gasteiger partial charge in [-0.15, -0.1) is 13.2 Å². The summed E-state index contributed by atoms with van der Waals surface area (Å²) in [5, 5.41) is 11.1. The molecule has 0 saturated carbocycles. The second-order valence-corrected chi connectivity index (χ2v) is 3.31. The van der Waals surface area contributed by atoms with E-state index in [2.05, 4.69) is 16.6 Å². The van der Waals surface area contributed by atoms with Crippen LogP contribution in [0.5, 0.6) is 5.75 Å². The van der Waals surface area contributed by atoms with E-state index < -0.39 is 18.1 Å². The van der Waals surface area contributed by atoms with Gasteiger partial charge in [0.05, 0.1) is 5.69 Å². The molecule has 0 aliphatic heterocycles. The Kier molecular flexibility index (Phi) is 4.19. The van der Waals surface area contributed by atoms with E-state index in [1.54, 1.807) is 0 Å². The second kappa shape index (κ2) is 5.44. The molecule has 0 aliphatic carbocycles. The van der Waals surface area contributed by atoms with E-state index >= 15 is 0 Å². The van der Waals surface area contributed by atoms with Crippen LogP contribution in [0.1, 0.15) is 0 Å². The summed E-state index contributed by atoms with van der Waals surface area (Å²) < 4.78 is 40.0. The van der Waals surface area contributed by atoms with Gasteiger partial charge in [0.15, 0.2) is 5.75 Å². The van der Waals surface area contributed by atoms with Crippen molar-refractivity contribution in [3.05, 3.63) is 36.4 Å². The van der Waals surface area contributed by atoms with Crippen molar-refractivity contribution in [2.75, 3.05) is 11.9 Å². The highest BCUT2D eigenvalue weighted by Crippen LogP contribution is 2.29. The van der Waals surface area contributed by atoms with Crippen molar-refractivity contribution in [1.29, 1.82) is 0 Å². The molecule has 0 spiro atoms. The van der Waals surface area contributed by atoms with Crippen LogP contribution in [0, 0.1) is 0 Å². The molecular formula is C11H10F3NO3. The third-order valence-corrected chi connectivity index (χ3v) is 1.91. The fourth-order valence-corrected chi connectivity index (χ4v) is 1.10. The summed E-state index contributed by atoms with van der Waals surface area (Å²) in [6.07, 6.45) is -4.80. The number of ether oxygens (including phenoxy) is 1. The first kappa shape index (κ1) is 13.9. The largest absolute Gasteiger partial charge is 0.573 e. The van der Waals surface area contributed by atoms with Gasteiger partial charge < -0.3 is 15.2 Å². The maximum absolute atomic E-state index is 12.1. The number of carbonyl (C=O) groups is 1. The van der Waals surface area contributed by atoms with Crippen molar-refractivity contribution >= 4 is 11.7 Å². The summed E-state index contributed by atoms with van der Waals surface area (Å²) in [6.45, 7) is 3.06. The van der Waals surface area contributed by atoms with Crippen molar-refractivity contribution in [2.24, 2.45) is 0 Å². The highest BCUT2D eigenvalue weighted by atomic mass is 19.4. The molecule has 1 rings (SSSR count). The molecule has 0 fully saturated rings. The lowest BCUT2D eigenvalue weighted by Crippen LogP contribution is -2.19. The van der Waals surface area contributed by atoms with Crippen molar-refractivity contribution < 1.29 is 27.8 Å². The van der Waals surface area contributed by atoms with Gasteiger partial charge >= 0.3 is 12.3 Å². The van der Waals surface area contributed by atoms with Crippen LogP contribution in [0.4, 0.5) is 18.9 Å². The van der Waals surface area contributed by atoms with Crippen molar-refractivity contribution in [3.8, 4) is 5.75 Å². The van der Waals surface area contributed by atoms with Crippen LogP contribution < -0.4 is 10.1 Å². The number of alkyl halides is 3. The summed E-state index contributed by atoms with van der Waals surface area (Å²) in [5.74, 6) is -1.65. The molecule has 98 valence electrons. The number of hydrogen-bond acceptors (Lipinski definition) is 3. The normalized spacial score (nSPS) is 10.8. The number of carboxylic acids is 1. The average Bonchev–Trinajstić information content (AvgIpc) is 2.25. The van der Waals surface area contributed by atoms with Gasteiger partial charge in [-0.25, -0.2) is 4.79 Å². The van der Waals surface area contributed by atoms with Gasteiger partial charge in [-0.2, -0.15) is 0 Å². The Bertz CT molecular complexity index is 457. The summed E-state index contributed by atoms with van der Waals surface area (Å²) in [6, 6.07) is 5.34. The Morgan fingerprint density at radius 2 is 2.00 bits per heavy atom. The van der Waals surface area contributed by atoms with Crippen LogP contribution in [0.3, 0.4) is 0 Å². The zero-order valence-electron chi connectivity index (χ0n) is 9.12. The van der Waals surface area contributed by atoms with E-state index in [1.165, 1.54) is 18.2 Å². The van der Waals surface area contributed by atoms with Crippen LogP contribution in [-0.2, 0) is 4.79 Å². The predicted molar refractivity (Wildman–Crippen MR) is 58.4 cm³/mol. The van der Waals surface area contributed by atoms with Crippen LogP contribution in [0.2, 0.25) is 0 Å². The lowest BCUT2D eigenvalue weighted by molar-refractivity contribution is -0.274. The van der Waals surface area contributed by atoms with Crippen LogP contribution in [0.15, 0.2) is 36.4 Å². The summed E-state index contributed by atoms with van der Waals surface area (Å²) in [5.41, 5.74) is -0.131. The summed E-state index contributed by atoms with van der Waals surface area (Å²) in [7, 11) is 0. The topological polar surface area (TPSA) is 58.6 Å². The molecule has 0 radical (unpaired) electrons. The number of benzene rings is 1.